The smallest absolute Gasteiger partial charge is 0.126 e. The van der Waals surface area contributed by atoms with E-state index >= 15 is 0 Å². The summed E-state index contributed by atoms with van der Waals surface area (Å²) in [6, 6.07) is 10.3. The summed E-state index contributed by atoms with van der Waals surface area (Å²) in [7, 11) is 1.70. The lowest BCUT2D eigenvalue weighted by atomic mass is 10.0. The van der Waals surface area contributed by atoms with Crippen molar-refractivity contribution in [1.82, 2.24) is 4.98 Å². The Labute approximate surface area is 121 Å². The number of benzene rings is 1. The number of nitrogens with zero attached hydrogens (tertiary/aromatic N) is 1. The lowest BCUT2D eigenvalue weighted by molar-refractivity contribution is 0.411. The fourth-order valence-corrected chi connectivity index (χ4v) is 2.22. The molecule has 1 aromatic carbocycles. The summed E-state index contributed by atoms with van der Waals surface area (Å²) < 4.78 is 5.36. The third kappa shape index (κ3) is 3.10. The molecule has 106 valence electrons. The van der Waals surface area contributed by atoms with Gasteiger partial charge in [0.25, 0.3) is 0 Å². The van der Waals surface area contributed by atoms with Gasteiger partial charge in [0.15, 0.2) is 0 Å². The molecule has 3 heteroatoms. The van der Waals surface area contributed by atoms with E-state index in [9.17, 15) is 0 Å². The van der Waals surface area contributed by atoms with E-state index in [-0.39, 0.29) is 0 Å². The van der Waals surface area contributed by atoms with E-state index in [2.05, 4.69) is 43.2 Å². The molecular formula is C17H22N2O. The molecule has 1 aromatic heterocycles. The summed E-state index contributed by atoms with van der Waals surface area (Å²) in [4.78, 5) is 4.69. The zero-order valence-corrected chi connectivity index (χ0v) is 12.7. The van der Waals surface area contributed by atoms with E-state index in [1.807, 2.05) is 18.2 Å². The summed E-state index contributed by atoms with van der Waals surface area (Å²) in [5, 5.41) is 3.33. The van der Waals surface area contributed by atoms with Crippen LogP contribution >= 0.6 is 0 Å². The fraction of sp³-hybridized carbons (Fsp3) is 0.353. The van der Waals surface area contributed by atoms with Crippen molar-refractivity contribution in [2.45, 2.75) is 27.2 Å². The van der Waals surface area contributed by atoms with Crippen molar-refractivity contribution >= 4 is 5.82 Å². The van der Waals surface area contributed by atoms with Crippen LogP contribution in [0.1, 0.15) is 24.5 Å². The number of ether oxygens (including phenoxy) is 1. The molecule has 3 nitrogen and oxygen atoms in total. The average molecular weight is 270 g/mol. The third-order valence-electron chi connectivity index (χ3n) is 3.32. The first-order valence-corrected chi connectivity index (χ1v) is 7.02. The number of nitrogens with one attached hydrogen (secondary N) is 1. The van der Waals surface area contributed by atoms with Crippen molar-refractivity contribution < 1.29 is 4.74 Å². The molecule has 0 radical (unpaired) electrons. The molecule has 0 aliphatic rings. The molecule has 0 aliphatic heterocycles. The number of pyridine rings is 1. The molecule has 0 unspecified atom stereocenters. The van der Waals surface area contributed by atoms with Crippen molar-refractivity contribution in [2.75, 3.05) is 19.0 Å². The molecule has 1 heterocycles. The van der Waals surface area contributed by atoms with Gasteiger partial charge in [0.05, 0.1) is 12.8 Å². The second-order valence-electron chi connectivity index (χ2n) is 4.97. The minimum atomic E-state index is 0.923. The first kappa shape index (κ1) is 14.4. The van der Waals surface area contributed by atoms with Gasteiger partial charge in [-0.2, -0.15) is 0 Å². The standard InChI is InChI=1S/C17H22N2O/c1-5-9-18-17-8-6-7-15(19-17)14-10-13(3)16(20-4)11-12(14)2/h6-8,10-11H,5,9H2,1-4H3,(H,18,19). The monoisotopic (exact) mass is 270 g/mol. The number of methoxy groups -OCH3 is 1. The minimum absolute atomic E-state index is 0.923. The van der Waals surface area contributed by atoms with Crippen LogP contribution < -0.4 is 10.1 Å². The van der Waals surface area contributed by atoms with Crippen LogP contribution in [0.5, 0.6) is 5.75 Å². The second-order valence-corrected chi connectivity index (χ2v) is 4.97. The van der Waals surface area contributed by atoms with Gasteiger partial charge in [-0.1, -0.05) is 13.0 Å². The number of rotatable bonds is 5. The van der Waals surface area contributed by atoms with Crippen molar-refractivity contribution in [3.8, 4) is 17.0 Å². The summed E-state index contributed by atoms with van der Waals surface area (Å²) in [5.74, 6) is 1.85. The largest absolute Gasteiger partial charge is 0.496 e. The van der Waals surface area contributed by atoms with Crippen LogP contribution in [0.2, 0.25) is 0 Å². The fourth-order valence-electron chi connectivity index (χ4n) is 2.22. The zero-order chi connectivity index (χ0) is 14.5. The Morgan fingerprint density at radius 1 is 1.15 bits per heavy atom. The maximum Gasteiger partial charge on any atom is 0.126 e. The first-order valence-electron chi connectivity index (χ1n) is 7.02. The summed E-state index contributed by atoms with van der Waals surface area (Å²) in [6.07, 6.45) is 1.09. The zero-order valence-electron chi connectivity index (χ0n) is 12.7. The number of aryl methyl sites for hydroxylation is 2. The van der Waals surface area contributed by atoms with Crippen molar-refractivity contribution in [1.29, 1.82) is 0 Å². The van der Waals surface area contributed by atoms with Gasteiger partial charge < -0.3 is 10.1 Å². The third-order valence-corrected chi connectivity index (χ3v) is 3.32. The molecule has 0 saturated carbocycles. The highest BCUT2D eigenvalue weighted by Gasteiger charge is 2.08. The van der Waals surface area contributed by atoms with Crippen molar-refractivity contribution in [3.63, 3.8) is 0 Å². The first-order chi connectivity index (χ1) is 9.65. The maximum absolute atomic E-state index is 5.36. The Bertz CT molecular complexity index is 594. The predicted octanol–water partition coefficient (Wildman–Crippen LogP) is 4.20. The molecule has 0 spiro atoms. The Kier molecular flexibility index (Phi) is 4.61. The predicted molar refractivity (Wildman–Crippen MR) is 84.5 cm³/mol. The van der Waals surface area contributed by atoms with Crippen LogP contribution in [0, 0.1) is 13.8 Å². The van der Waals surface area contributed by atoms with Gasteiger partial charge in [-0.25, -0.2) is 4.98 Å². The summed E-state index contributed by atoms with van der Waals surface area (Å²) in [5.41, 5.74) is 4.45. The molecule has 0 fully saturated rings. The van der Waals surface area contributed by atoms with E-state index in [0.29, 0.717) is 0 Å². The highest BCUT2D eigenvalue weighted by Crippen LogP contribution is 2.29. The van der Waals surface area contributed by atoms with E-state index < -0.39 is 0 Å². The lowest BCUT2D eigenvalue weighted by Crippen LogP contribution is -2.02. The van der Waals surface area contributed by atoms with Crippen LogP contribution in [0.3, 0.4) is 0 Å². The highest BCUT2D eigenvalue weighted by atomic mass is 16.5. The Morgan fingerprint density at radius 2 is 1.95 bits per heavy atom. The van der Waals surface area contributed by atoms with Gasteiger partial charge in [-0.05, 0) is 55.7 Å². The van der Waals surface area contributed by atoms with Crippen LogP contribution in [0.4, 0.5) is 5.82 Å². The summed E-state index contributed by atoms with van der Waals surface area (Å²) in [6.45, 7) is 7.23. The molecular weight excluding hydrogens is 248 g/mol. The van der Waals surface area contributed by atoms with E-state index in [1.165, 1.54) is 5.56 Å². The quantitative estimate of drug-likeness (QED) is 0.884. The molecule has 0 saturated heterocycles. The van der Waals surface area contributed by atoms with Crippen molar-refractivity contribution in [3.05, 3.63) is 41.5 Å². The van der Waals surface area contributed by atoms with Gasteiger partial charge in [0.2, 0.25) is 0 Å². The molecule has 0 aliphatic carbocycles. The Morgan fingerprint density at radius 3 is 2.65 bits per heavy atom. The molecule has 0 amide bonds. The van der Waals surface area contributed by atoms with E-state index in [4.69, 9.17) is 4.74 Å². The minimum Gasteiger partial charge on any atom is -0.496 e. The number of hydrogen-bond donors (Lipinski definition) is 1. The molecule has 0 atom stereocenters. The van der Waals surface area contributed by atoms with Gasteiger partial charge in [-0.15, -0.1) is 0 Å². The van der Waals surface area contributed by atoms with E-state index in [0.717, 1.165) is 41.4 Å². The molecule has 2 aromatic rings. The van der Waals surface area contributed by atoms with Gasteiger partial charge in [0, 0.05) is 12.1 Å². The normalized spacial score (nSPS) is 10.4. The van der Waals surface area contributed by atoms with Crippen LogP contribution in [0.15, 0.2) is 30.3 Å². The van der Waals surface area contributed by atoms with Crippen LogP contribution in [0.25, 0.3) is 11.3 Å². The van der Waals surface area contributed by atoms with Gasteiger partial charge >= 0.3 is 0 Å². The van der Waals surface area contributed by atoms with Crippen LogP contribution in [-0.4, -0.2) is 18.6 Å². The lowest BCUT2D eigenvalue weighted by Gasteiger charge is -2.12. The highest BCUT2D eigenvalue weighted by molar-refractivity contribution is 5.67. The Balaban J connectivity index is 2.38. The molecule has 2 rings (SSSR count). The van der Waals surface area contributed by atoms with Gasteiger partial charge in [0.1, 0.15) is 11.6 Å². The maximum atomic E-state index is 5.36. The number of aromatic nitrogens is 1. The molecule has 0 bridgehead atoms. The van der Waals surface area contributed by atoms with E-state index in [1.54, 1.807) is 7.11 Å². The molecule has 1 N–H and O–H groups in total. The second kappa shape index (κ2) is 6.42. The van der Waals surface area contributed by atoms with Crippen LogP contribution in [-0.2, 0) is 0 Å². The van der Waals surface area contributed by atoms with Crippen molar-refractivity contribution in [2.24, 2.45) is 0 Å². The summed E-state index contributed by atoms with van der Waals surface area (Å²) >= 11 is 0. The molecule has 20 heavy (non-hydrogen) atoms. The average Bonchev–Trinajstić information content (AvgIpc) is 2.47. The number of hydrogen-bond acceptors (Lipinski definition) is 3. The van der Waals surface area contributed by atoms with Gasteiger partial charge in [-0.3, -0.25) is 0 Å². The topological polar surface area (TPSA) is 34.1 Å². The Hall–Kier alpha value is -2.03. The number of anilines is 1. The SMILES string of the molecule is CCCNc1cccc(-c2cc(C)c(OC)cc2C)n1.